The van der Waals surface area contributed by atoms with Gasteiger partial charge in [-0.2, -0.15) is 0 Å². The van der Waals surface area contributed by atoms with Crippen LogP contribution in [0.3, 0.4) is 0 Å². The van der Waals surface area contributed by atoms with E-state index in [0.717, 1.165) is 22.4 Å². The van der Waals surface area contributed by atoms with E-state index < -0.39 is 17.9 Å². The molecular formula is C35H32N4O4. The van der Waals surface area contributed by atoms with Gasteiger partial charge in [0, 0.05) is 47.7 Å². The van der Waals surface area contributed by atoms with Crippen molar-refractivity contribution in [2.75, 3.05) is 13.2 Å². The van der Waals surface area contributed by atoms with Gasteiger partial charge in [-0.05, 0) is 62.1 Å². The molecule has 1 aliphatic rings. The molecule has 0 radical (unpaired) electrons. The second-order valence-electron chi connectivity index (χ2n) is 9.89. The number of esters is 2. The molecule has 5 rings (SSSR count). The van der Waals surface area contributed by atoms with Gasteiger partial charge in [-0.1, -0.05) is 54.3 Å². The van der Waals surface area contributed by atoms with Crippen molar-refractivity contribution in [2.45, 2.75) is 26.7 Å². The highest BCUT2D eigenvalue weighted by Gasteiger charge is 2.38. The number of imidazole rings is 1. The Balaban J connectivity index is 1.49. The molecule has 0 saturated carbocycles. The Labute approximate surface area is 251 Å². The summed E-state index contributed by atoms with van der Waals surface area (Å²) >= 11 is 0. The summed E-state index contributed by atoms with van der Waals surface area (Å²) in [5.74, 6) is 4.26. The average Bonchev–Trinajstić information content (AvgIpc) is 3.58. The van der Waals surface area contributed by atoms with Gasteiger partial charge in [-0.25, -0.2) is 14.6 Å². The second-order valence-corrected chi connectivity index (χ2v) is 9.89. The molecule has 4 aromatic rings. The van der Waals surface area contributed by atoms with Crippen molar-refractivity contribution in [3.8, 4) is 17.5 Å². The van der Waals surface area contributed by atoms with Crippen LogP contribution in [0, 0.1) is 17.8 Å². The zero-order valence-corrected chi connectivity index (χ0v) is 24.1. The Hall–Kier alpha value is -5.42. The smallest absolute Gasteiger partial charge is 0.337 e. The highest BCUT2D eigenvalue weighted by molar-refractivity contribution is 6.03. The fraction of sp³-hybridized carbons (Fsp3) is 0.200. The van der Waals surface area contributed by atoms with Crippen LogP contribution in [0.25, 0.3) is 11.4 Å². The highest BCUT2D eigenvalue weighted by Crippen LogP contribution is 2.38. The van der Waals surface area contributed by atoms with Gasteiger partial charge >= 0.3 is 11.9 Å². The average molecular weight is 573 g/mol. The number of pyridine rings is 1. The fourth-order valence-electron chi connectivity index (χ4n) is 5.09. The molecule has 2 aromatic carbocycles. The number of dihydropyridines is 1. The second kappa shape index (κ2) is 14.0. The summed E-state index contributed by atoms with van der Waals surface area (Å²) in [5.41, 5.74) is 5.57. The molecule has 0 amide bonds. The first kappa shape index (κ1) is 29.1. The maximum Gasteiger partial charge on any atom is 0.337 e. The number of hydrogen-bond donors (Lipinski definition) is 1. The minimum atomic E-state index is -0.567. The molecule has 3 heterocycles. The lowest BCUT2D eigenvalue weighted by Crippen LogP contribution is -2.34. The molecule has 8 nitrogen and oxygen atoms in total. The van der Waals surface area contributed by atoms with Crippen molar-refractivity contribution >= 4 is 17.6 Å². The van der Waals surface area contributed by atoms with Crippen LogP contribution in [0.2, 0.25) is 0 Å². The monoisotopic (exact) mass is 572 g/mol. The molecule has 1 aliphatic heterocycles. The maximum absolute atomic E-state index is 13.6. The summed E-state index contributed by atoms with van der Waals surface area (Å²) < 4.78 is 13.1. The Morgan fingerprint density at radius 1 is 0.930 bits per heavy atom. The zero-order valence-electron chi connectivity index (χ0n) is 24.1. The van der Waals surface area contributed by atoms with Crippen molar-refractivity contribution in [3.05, 3.63) is 131 Å². The van der Waals surface area contributed by atoms with E-state index in [1.165, 1.54) is 0 Å². The molecule has 1 atom stereocenters. The van der Waals surface area contributed by atoms with Crippen molar-refractivity contribution in [2.24, 2.45) is 5.92 Å². The number of carbonyl (C=O) groups is 2. The molecule has 216 valence electrons. The summed E-state index contributed by atoms with van der Waals surface area (Å²) in [6, 6.07) is 21.4. The third kappa shape index (κ3) is 7.08. The van der Waals surface area contributed by atoms with Gasteiger partial charge in [0.1, 0.15) is 0 Å². The standard InChI is InChI=1S/C35H32N4O4/c1-3-42-35(41)32-30(18-13-26-9-5-4-6-10-26)31(34(40)43-22-8-12-27-11-7-19-36-23-27)25(2)38-33(32)28-14-16-29(17-15-28)39-21-20-37-24-39/h4-7,9-11,14-17,19-21,23-24,30,38H,3,13,18,22H2,1-2H3. The molecule has 0 bridgehead atoms. The van der Waals surface area contributed by atoms with Crippen molar-refractivity contribution in [3.63, 3.8) is 0 Å². The van der Waals surface area contributed by atoms with Gasteiger partial charge in [0.05, 0.1) is 29.8 Å². The third-order valence-electron chi connectivity index (χ3n) is 7.09. The van der Waals surface area contributed by atoms with Crippen LogP contribution in [0.15, 0.2) is 115 Å². The molecular weight excluding hydrogens is 540 g/mol. The molecule has 1 N–H and O–H groups in total. The van der Waals surface area contributed by atoms with Gasteiger partial charge in [0.2, 0.25) is 0 Å². The van der Waals surface area contributed by atoms with Crippen LogP contribution in [-0.4, -0.2) is 39.7 Å². The number of aryl methyl sites for hydroxylation is 1. The largest absolute Gasteiger partial charge is 0.463 e. The minimum Gasteiger partial charge on any atom is -0.463 e. The number of aromatic nitrogens is 3. The Kier molecular flexibility index (Phi) is 9.45. The summed E-state index contributed by atoms with van der Waals surface area (Å²) in [6.45, 7) is 3.70. The van der Waals surface area contributed by atoms with E-state index in [-0.39, 0.29) is 13.2 Å². The topological polar surface area (TPSA) is 95.3 Å². The van der Waals surface area contributed by atoms with Crippen LogP contribution < -0.4 is 5.32 Å². The summed E-state index contributed by atoms with van der Waals surface area (Å²) in [7, 11) is 0. The SMILES string of the molecule is CCOC(=O)C1=C(c2ccc(-n3ccnc3)cc2)NC(C)=C(C(=O)OCC#Cc2cccnc2)C1CCc1ccccc1. The lowest BCUT2D eigenvalue weighted by atomic mass is 9.80. The fourth-order valence-corrected chi connectivity index (χ4v) is 5.09. The van der Waals surface area contributed by atoms with E-state index in [1.807, 2.05) is 78.4 Å². The molecule has 8 heteroatoms. The van der Waals surface area contributed by atoms with E-state index in [4.69, 9.17) is 9.47 Å². The summed E-state index contributed by atoms with van der Waals surface area (Å²) in [5, 5.41) is 3.35. The molecule has 1 unspecified atom stereocenters. The van der Waals surface area contributed by atoms with Crippen molar-refractivity contribution in [1.82, 2.24) is 19.9 Å². The normalized spacial score (nSPS) is 14.4. The number of hydrogen-bond acceptors (Lipinski definition) is 7. The van der Waals surface area contributed by atoms with Gasteiger partial charge in [-0.15, -0.1) is 0 Å². The first-order valence-corrected chi connectivity index (χ1v) is 14.1. The zero-order chi connectivity index (χ0) is 30.0. The molecule has 2 aromatic heterocycles. The number of nitrogens with one attached hydrogen (secondary N) is 1. The van der Waals surface area contributed by atoms with Gasteiger partial charge < -0.3 is 19.4 Å². The van der Waals surface area contributed by atoms with Crippen molar-refractivity contribution < 1.29 is 19.1 Å². The minimum absolute atomic E-state index is 0.100. The maximum atomic E-state index is 13.6. The lowest BCUT2D eigenvalue weighted by Gasteiger charge is -2.31. The highest BCUT2D eigenvalue weighted by atomic mass is 16.5. The Morgan fingerprint density at radius 2 is 1.72 bits per heavy atom. The van der Waals surface area contributed by atoms with Crippen LogP contribution in [0.4, 0.5) is 0 Å². The number of benzene rings is 2. The number of rotatable bonds is 9. The summed E-state index contributed by atoms with van der Waals surface area (Å²) in [4.78, 5) is 35.4. The van der Waals surface area contributed by atoms with E-state index in [0.29, 0.717) is 35.4 Å². The molecule has 0 saturated heterocycles. The predicted octanol–water partition coefficient (Wildman–Crippen LogP) is 5.26. The molecule has 0 fully saturated rings. The quantitative estimate of drug-likeness (QED) is 0.216. The van der Waals surface area contributed by atoms with Crippen LogP contribution in [0.1, 0.15) is 37.0 Å². The number of allylic oxidation sites excluding steroid dienone is 1. The van der Waals surface area contributed by atoms with Crippen molar-refractivity contribution in [1.29, 1.82) is 0 Å². The summed E-state index contributed by atoms with van der Waals surface area (Å²) in [6.07, 6.45) is 9.76. The van der Waals surface area contributed by atoms with Crippen LogP contribution in [-0.2, 0) is 25.5 Å². The van der Waals surface area contributed by atoms with E-state index >= 15 is 0 Å². The molecule has 0 spiro atoms. The molecule has 0 aliphatic carbocycles. The first-order chi connectivity index (χ1) is 21.0. The van der Waals surface area contributed by atoms with Gasteiger partial charge in [0.25, 0.3) is 0 Å². The van der Waals surface area contributed by atoms with E-state index in [9.17, 15) is 9.59 Å². The lowest BCUT2D eigenvalue weighted by molar-refractivity contribution is -0.139. The van der Waals surface area contributed by atoms with Crippen LogP contribution in [0.5, 0.6) is 0 Å². The van der Waals surface area contributed by atoms with Gasteiger partial charge in [-0.3, -0.25) is 4.98 Å². The van der Waals surface area contributed by atoms with Crippen LogP contribution >= 0.6 is 0 Å². The first-order valence-electron chi connectivity index (χ1n) is 14.1. The Bertz CT molecular complexity index is 1680. The van der Waals surface area contributed by atoms with E-state index in [1.54, 1.807) is 37.9 Å². The Morgan fingerprint density at radius 3 is 2.42 bits per heavy atom. The third-order valence-corrected chi connectivity index (χ3v) is 7.09. The predicted molar refractivity (Wildman–Crippen MR) is 163 cm³/mol. The number of nitrogens with zero attached hydrogens (tertiary/aromatic N) is 3. The number of carbonyl (C=O) groups excluding carboxylic acids is 2. The number of ether oxygens (including phenoxy) is 2. The molecule has 43 heavy (non-hydrogen) atoms. The van der Waals surface area contributed by atoms with E-state index in [2.05, 4.69) is 27.1 Å². The van der Waals surface area contributed by atoms with Gasteiger partial charge in [0.15, 0.2) is 6.61 Å².